The number of hydrogen-bond acceptors (Lipinski definition) is 4. The molecule has 3 nitrogen and oxygen atoms in total. The molecule has 0 bridgehead atoms. The second kappa shape index (κ2) is 7.12. The Balaban J connectivity index is 1.98. The number of halogens is 1. The first-order chi connectivity index (χ1) is 9.19. The molecule has 0 aliphatic heterocycles. The molecule has 0 aliphatic carbocycles. The van der Waals surface area contributed by atoms with Gasteiger partial charge in [-0.15, -0.1) is 10.2 Å². The lowest BCUT2D eigenvalue weighted by Gasteiger charge is -2.08. The first kappa shape index (κ1) is 14.6. The highest BCUT2D eigenvalue weighted by Crippen LogP contribution is 2.20. The van der Waals surface area contributed by atoms with E-state index >= 15 is 0 Å². The van der Waals surface area contributed by atoms with Crippen molar-refractivity contribution >= 4 is 27.3 Å². The lowest BCUT2D eigenvalue weighted by molar-refractivity contribution is 0.564. The standard InChI is InChI=1S/C14H18BrN3S/c1-3-8-16-10(2)14-18-17-13(19-14)9-11-4-6-12(15)7-5-11/h4-7,10,16H,3,8-9H2,1-2H3. The monoisotopic (exact) mass is 339 g/mol. The zero-order valence-corrected chi connectivity index (χ0v) is 13.6. The van der Waals surface area contributed by atoms with Crippen LogP contribution in [0, 0.1) is 0 Å². The molecule has 1 aromatic heterocycles. The molecule has 0 fully saturated rings. The molecular weight excluding hydrogens is 322 g/mol. The van der Waals surface area contributed by atoms with Crippen LogP contribution in [0.25, 0.3) is 0 Å². The molecule has 0 radical (unpaired) electrons. The molecule has 5 heteroatoms. The molecule has 0 aliphatic rings. The highest BCUT2D eigenvalue weighted by atomic mass is 79.9. The van der Waals surface area contributed by atoms with Crippen LogP contribution in [-0.2, 0) is 6.42 Å². The third-order valence-electron chi connectivity index (χ3n) is 2.82. The van der Waals surface area contributed by atoms with Gasteiger partial charge in [0.05, 0.1) is 6.04 Å². The van der Waals surface area contributed by atoms with Gasteiger partial charge in [0.15, 0.2) is 0 Å². The fourth-order valence-corrected chi connectivity index (χ4v) is 2.91. The van der Waals surface area contributed by atoms with Crippen molar-refractivity contribution in [1.29, 1.82) is 0 Å². The molecule has 0 saturated heterocycles. The summed E-state index contributed by atoms with van der Waals surface area (Å²) in [6.45, 7) is 5.32. The van der Waals surface area contributed by atoms with Crippen LogP contribution in [0.1, 0.15) is 41.9 Å². The van der Waals surface area contributed by atoms with E-state index in [1.165, 1.54) is 5.56 Å². The predicted octanol–water partition coefficient (Wildman–Crippen LogP) is 3.95. The van der Waals surface area contributed by atoms with Gasteiger partial charge in [0.2, 0.25) is 0 Å². The molecule has 2 rings (SSSR count). The van der Waals surface area contributed by atoms with Gasteiger partial charge in [-0.3, -0.25) is 0 Å². The van der Waals surface area contributed by atoms with Crippen LogP contribution in [0.3, 0.4) is 0 Å². The molecule has 1 unspecified atom stereocenters. The molecule has 1 aromatic carbocycles. The maximum Gasteiger partial charge on any atom is 0.134 e. The largest absolute Gasteiger partial charge is 0.308 e. The van der Waals surface area contributed by atoms with Crippen LogP contribution in [0.4, 0.5) is 0 Å². The summed E-state index contributed by atoms with van der Waals surface area (Å²) in [5.41, 5.74) is 1.26. The van der Waals surface area contributed by atoms with Crippen LogP contribution in [0.2, 0.25) is 0 Å². The summed E-state index contributed by atoms with van der Waals surface area (Å²) in [6.07, 6.45) is 1.99. The minimum absolute atomic E-state index is 0.288. The number of rotatable bonds is 6. The summed E-state index contributed by atoms with van der Waals surface area (Å²) in [7, 11) is 0. The van der Waals surface area contributed by atoms with Gasteiger partial charge in [-0.1, -0.05) is 46.3 Å². The fourth-order valence-electron chi connectivity index (χ4n) is 1.74. The summed E-state index contributed by atoms with van der Waals surface area (Å²) >= 11 is 5.14. The van der Waals surface area contributed by atoms with Crippen molar-refractivity contribution in [2.45, 2.75) is 32.7 Å². The topological polar surface area (TPSA) is 37.8 Å². The summed E-state index contributed by atoms with van der Waals surface area (Å²) in [6, 6.07) is 8.63. The number of hydrogen-bond donors (Lipinski definition) is 1. The summed E-state index contributed by atoms with van der Waals surface area (Å²) in [5, 5.41) is 14.1. The normalized spacial score (nSPS) is 12.6. The minimum atomic E-state index is 0.288. The van der Waals surface area contributed by atoms with Crippen molar-refractivity contribution in [3.05, 3.63) is 44.3 Å². The number of nitrogens with zero attached hydrogens (tertiary/aromatic N) is 2. The van der Waals surface area contributed by atoms with Crippen molar-refractivity contribution in [2.24, 2.45) is 0 Å². The van der Waals surface area contributed by atoms with Gasteiger partial charge < -0.3 is 5.32 Å². The van der Waals surface area contributed by atoms with Gasteiger partial charge in [-0.2, -0.15) is 0 Å². The van der Waals surface area contributed by atoms with Crippen LogP contribution >= 0.6 is 27.3 Å². The van der Waals surface area contributed by atoms with Crippen molar-refractivity contribution in [1.82, 2.24) is 15.5 Å². The lowest BCUT2D eigenvalue weighted by atomic mass is 10.2. The molecule has 2 aromatic rings. The summed E-state index contributed by atoms with van der Waals surface area (Å²) in [5.74, 6) is 0. The first-order valence-corrected chi connectivity index (χ1v) is 8.10. The highest BCUT2D eigenvalue weighted by Gasteiger charge is 2.11. The number of benzene rings is 1. The molecule has 1 N–H and O–H groups in total. The van der Waals surface area contributed by atoms with E-state index < -0.39 is 0 Å². The van der Waals surface area contributed by atoms with Crippen molar-refractivity contribution in [3.63, 3.8) is 0 Å². The maximum atomic E-state index is 4.28. The Morgan fingerprint density at radius 2 is 2.00 bits per heavy atom. The Morgan fingerprint density at radius 1 is 1.26 bits per heavy atom. The van der Waals surface area contributed by atoms with E-state index in [2.05, 4.69) is 69.6 Å². The number of aromatic nitrogens is 2. The molecule has 0 spiro atoms. The van der Waals surface area contributed by atoms with Gasteiger partial charge in [-0.25, -0.2) is 0 Å². The molecule has 1 heterocycles. The Labute approximate surface area is 126 Å². The van der Waals surface area contributed by atoms with Gasteiger partial charge in [0.1, 0.15) is 10.0 Å². The average molecular weight is 340 g/mol. The summed E-state index contributed by atoms with van der Waals surface area (Å²) < 4.78 is 1.10. The Morgan fingerprint density at radius 3 is 2.68 bits per heavy atom. The van der Waals surface area contributed by atoms with Crippen molar-refractivity contribution in [2.75, 3.05) is 6.54 Å². The van der Waals surface area contributed by atoms with Gasteiger partial charge in [0, 0.05) is 10.9 Å². The first-order valence-electron chi connectivity index (χ1n) is 6.49. The summed E-state index contributed by atoms with van der Waals surface area (Å²) in [4.78, 5) is 0. The minimum Gasteiger partial charge on any atom is -0.308 e. The molecule has 102 valence electrons. The molecule has 1 atom stereocenters. The molecular formula is C14H18BrN3S. The fraction of sp³-hybridized carbons (Fsp3) is 0.429. The van der Waals surface area contributed by atoms with E-state index in [0.717, 1.165) is 33.9 Å². The molecule has 0 amide bonds. The van der Waals surface area contributed by atoms with E-state index in [4.69, 9.17) is 0 Å². The van der Waals surface area contributed by atoms with Crippen LogP contribution in [0.5, 0.6) is 0 Å². The van der Waals surface area contributed by atoms with Crippen molar-refractivity contribution in [3.8, 4) is 0 Å². The van der Waals surface area contributed by atoms with Crippen LogP contribution in [-0.4, -0.2) is 16.7 Å². The Hall–Kier alpha value is -0.780. The third kappa shape index (κ3) is 4.37. The quantitative estimate of drug-likeness (QED) is 0.865. The van der Waals surface area contributed by atoms with Crippen LogP contribution in [0.15, 0.2) is 28.7 Å². The number of nitrogens with one attached hydrogen (secondary N) is 1. The maximum absolute atomic E-state index is 4.28. The Bertz CT molecular complexity index is 510. The third-order valence-corrected chi connectivity index (χ3v) is 4.46. The van der Waals surface area contributed by atoms with E-state index in [0.29, 0.717) is 0 Å². The zero-order chi connectivity index (χ0) is 13.7. The lowest BCUT2D eigenvalue weighted by Crippen LogP contribution is -2.18. The molecule has 0 saturated carbocycles. The Kier molecular flexibility index (Phi) is 5.48. The molecule has 19 heavy (non-hydrogen) atoms. The SMILES string of the molecule is CCCNC(C)c1nnc(Cc2ccc(Br)cc2)s1. The second-order valence-electron chi connectivity index (χ2n) is 4.51. The van der Waals surface area contributed by atoms with E-state index in [1.807, 2.05) is 0 Å². The van der Waals surface area contributed by atoms with Crippen molar-refractivity contribution < 1.29 is 0 Å². The van der Waals surface area contributed by atoms with Crippen LogP contribution < -0.4 is 5.32 Å². The predicted molar refractivity (Wildman–Crippen MR) is 83.6 cm³/mol. The van der Waals surface area contributed by atoms with Gasteiger partial charge in [0.25, 0.3) is 0 Å². The zero-order valence-electron chi connectivity index (χ0n) is 11.2. The average Bonchev–Trinajstić information content (AvgIpc) is 2.87. The van der Waals surface area contributed by atoms with E-state index in [9.17, 15) is 0 Å². The smallest absolute Gasteiger partial charge is 0.134 e. The highest BCUT2D eigenvalue weighted by molar-refractivity contribution is 9.10. The van der Waals surface area contributed by atoms with Gasteiger partial charge in [-0.05, 0) is 37.6 Å². The second-order valence-corrected chi connectivity index (χ2v) is 6.52. The van der Waals surface area contributed by atoms with Gasteiger partial charge >= 0.3 is 0 Å². The van der Waals surface area contributed by atoms with E-state index in [-0.39, 0.29) is 6.04 Å². The van der Waals surface area contributed by atoms with E-state index in [1.54, 1.807) is 11.3 Å².